The fourth-order valence-corrected chi connectivity index (χ4v) is 2.39. The molecule has 0 saturated carbocycles. The second-order valence-electron chi connectivity index (χ2n) is 4.44. The average Bonchev–Trinajstić information content (AvgIpc) is 2.41. The van der Waals surface area contributed by atoms with Crippen molar-refractivity contribution in [3.05, 3.63) is 57.6 Å². The second kappa shape index (κ2) is 5.96. The van der Waals surface area contributed by atoms with E-state index in [2.05, 4.69) is 21.2 Å². The molecule has 0 aliphatic carbocycles. The topological polar surface area (TPSA) is 75.3 Å². The third kappa shape index (κ3) is 2.93. The maximum absolute atomic E-state index is 11.3. The number of halogens is 1. The van der Waals surface area contributed by atoms with E-state index in [-0.39, 0.29) is 5.75 Å². The predicted octanol–water partition coefficient (Wildman–Crippen LogP) is 3.17. The monoisotopic (exact) mass is 334 g/mol. The number of aromatic hydroxyl groups is 1. The van der Waals surface area contributed by atoms with Crippen LogP contribution in [0.1, 0.15) is 21.5 Å². The van der Waals surface area contributed by atoms with Crippen LogP contribution in [0.5, 0.6) is 5.75 Å². The van der Waals surface area contributed by atoms with Crippen molar-refractivity contribution in [1.82, 2.24) is 0 Å². The largest absolute Gasteiger partial charge is 0.506 e. The quantitative estimate of drug-likeness (QED) is 0.803. The van der Waals surface area contributed by atoms with Crippen molar-refractivity contribution in [3.8, 4) is 5.75 Å². The molecule has 5 heteroatoms. The van der Waals surface area contributed by atoms with Gasteiger partial charge in [0.25, 0.3) is 0 Å². The van der Waals surface area contributed by atoms with Gasteiger partial charge in [-0.3, -0.25) is 4.79 Å². The lowest BCUT2D eigenvalue weighted by molar-refractivity contribution is 0.1000. The number of anilines is 1. The molecule has 0 aliphatic heterocycles. The van der Waals surface area contributed by atoms with Crippen LogP contribution in [-0.2, 0) is 6.54 Å². The Hall–Kier alpha value is -2.01. The summed E-state index contributed by atoms with van der Waals surface area (Å²) in [6.45, 7) is 2.29. The van der Waals surface area contributed by atoms with E-state index in [9.17, 15) is 9.90 Å². The normalized spacial score (nSPS) is 10.3. The van der Waals surface area contributed by atoms with Crippen molar-refractivity contribution in [1.29, 1.82) is 0 Å². The number of primary amides is 1. The molecule has 0 aromatic heterocycles. The maximum atomic E-state index is 11.3. The molecular weight excluding hydrogens is 320 g/mol. The van der Waals surface area contributed by atoms with Gasteiger partial charge in [0.05, 0.1) is 4.47 Å². The molecule has 0 bridgehead atoms. The van der Waals surface area contributed by atoms with Crippen LogP contribution in [0.25, 0.3) is 0 Å². The molecule has 1 amide bonds. The van der Waals surface area contributed by atoms with E-state index in [0.29, 0.717) is 16.6 Å². The van der Waals surface area contributed by atoms with Crippen molar-refractivity contribution in [2.45, 2.75) is 13.5 Å². The Balaban J connectivity index is 2.21. The molecule has 20 heavy (non-hydrogen) atoms. The van der Waals surface area contributed by atoms with Crippen LogP contribution in [0.3, 0.4) is 0 Å². The summed E-state index contributed by atoms with van der Waals surface area (Å²) in [6.07, 6.45) is 0. The fourth-order valence-electron chi connectivity index (χ4n) is 1.99. The average molecular weight is 335 g/mol. The van der Waals surface area contributed by atoms with Gasteiger partial charge >= 0.3 is 0 Å². The lowest BCUT2D eigenvalue weighted by atomic mass is 10.1. The highest BCUT2D eigenvalue weighted by Gasteiger charge is 2.09. The molecule has 2 aromatic rings. The fraction of sp³-hybridized carbons (Fsp3) is 0.133. The third-order valence-electron chi connectivity index (χ3n) is 3.14. The zero-order chi connectivity index (χ0) is 14.7. The van der Waals surface area contributed by atoms with Gasteiger partial charge in [-0.2, -0.15) is 0 Å². The van der Waals surface area contributed by atoms with Crippen LogP contribution in [-0.4, -0.2) is 11.0 Å². The van der Waals surface area contributed by atoms with Crippen LogP contribution in [0.2, 0.25) is 0 Å². The highest BCUT2D eigenvalue weighted by Crippen LogP contribution is 2.28. The lowest BCUT2D eigenvalue weighted by Gasteiger charge is -2.13. The number of phenols is 1. The van der Waals surface area contributed by atoms with Gasteiger partial charge in [0.1, 0.15) is 5.75 Å². The standard InChI is InChI=1S/C15H15BrN2O2/c1-9-11(15(17)20)5-3-7-13(9)18-8-10-4-2-6-12(16)14(10)19/h2-7,18-19H,8H2,1H3,(H2,17,20). The first-order chi connectivity index (χ1) is 9.50. The van der Waals surface area contributed by atoms with Crippen LogP contribution in [0, 0.1) is 6.92 Å². The molecule has 0 spiro atoms. The van der Waals surface area contributed by atoms with E-state index < -0.39 is 5.91 Å². The summed E-state index contributed by atoms with van der Waals surface area (Å²) in [7, 11) is 0. The van der Waals surface area contributed by atoms with Crippen LogP contribution in [0.4, 0.5) is 5.69 Å². The van der Waals surface area contributed by atoms with Crippen molar-refractivity contribution in [3.63, 3.8) is 0 Å². The molecule has 0 heterocycles. The highest BCUT2D eigenvalue weighted by molar-refractivity contribution is 9.10. The summed E-state index contributed by atoms with van der Waals surface area (Å²) < 4.78 is 0.652. The number of carbonyl (C=O) groups excluding carboxylic acids is 1. The summed E-state index contributed by atoms with van der Waals surface area (Å²) in [5.41, 5.74) is 8.20. The molecule has 0 atom stereocenters. The van der Waals surface area contributed by atoms with Gasteiger partial charge in [-0.05, 0) is 46.6 Å². The number of benzene rings is 2. The molecule has 0 unspecified atom stereocenters. The number of nitrogens with one attached hydrogen (secondary N) is 1. The van der Waals surface area contributed by atoms with Gasteiger partial charge in [-0.15, -0.1) is 0 Å². The first kappa shape index (κ1) is 14.4. The number of rotatable bonds is 4. The van der Waals surface area contributed by atoms with Crippen LogP contribution in [0.15, 0.2) is 40.9 Å². The summed E-state index contributed by atoms with van der Waals surface area (Å²) in [5.74, 6) is -0.236. The van der Waals surface area contributed by atoms with E-state index in [4.69, 9.17) is 5.73 Å². The molecule has 0 fully saturated rings. The number of hydrogen-bond acceptors (Lipinski definition) is 3. The number of amides is 1. The minimum absolute atomic E-state index is 0.212. The van der Waals surface area contributed by atoms with Crippen LogP contribution < -0.4 is 11.1 Å². The Kier molecular flexibility index (Phi) is 4.29. The Bertz CT molecular complexity index is 656. The zero-order valence-electron chi connectivity index (χ0n) is 11.0. The van der Waals surface area contributed by atoms with Gasteiger partial charge in [-0.25, -0.2) is 0 Å². The first-order valence-corrected chi connectivity index (χ1v) is 6.89. The van der Waals surface area contributed by atoms with Crippen molar-refractivity contribution >= 4 is 27.5 Å². The summed E-state index contributed by atoms with van der Waals surface area (Å²) in [6, 6.07) is 10.8. The summed E-state index contributed by atoms with van der Waals surface area (Å²) in [4.78, 5) is 11.3. The van der Waals surface area contributed by atoms with E-state index in [1.165, 1.54) is 0 Å². The van der Waals surface area contributed by atoms with E-state index >= 15 is 0 Å². The van der Waals surface area contributed by atoms with E-state index in [1.54, 1.807) is 18.2 Å². The molecule has 2 aromatic carbocycles. The highest BCUT2D eigenvalue weighted by atomic mass is 79.9. The maximum Gasteiger partial charge on any atom is 0.249 e. The molecule has 4 N–H and O–H groups in total. The predicted molar refractivity (Wildman–Crippen MR) is 82.8 cm³/mol. The van der Waals surface area contributed by atoms with Gasteiger partial charge in [-0.1, -0.05) is 18.2 Å². The number of para-hydroxylation sites is 1. The third-order valence-corrected chi connectivity index (χ3v) is 3.78. The van der Waals surface area contributed by atoms with Gasteiger partial charge in [0.2, 0.25) is 5.91 Å². The number of phenolic OH excluding ortho intramolecular Hbond substituents is 1. The molecule has 2 rings (SSSR count). The Labute approximate surface area is 125 Å². The molecule has 0 saturated heterocycles. The minimum Gasteiger partial charge on any atom is -0.506 e. The van der Waals surface area contributed by atoms with E-state index in [0.717, 1.165) is 16.8 Å². The Morgan fingerprint density at radius 2 is 2.00 bits per heavy atom. The molecule has 0 radical (unpaired) electrons. The first-order valence-electron chi connectivity index (χ1n) is 6.10. The SMILES string of the molecule is Cc1c(NCc2cccc(Br)c2O)cccc1C(N)=O. The Morgan fingerprint density at radius 1 is 1.30 bits per heavy atom. The minimum atomic E-state index is -0.448. The summed E-state index contributed by atoms with van der Waals surface area (Å²) >= 11 is 3.28. The number of carbonyl (C=O) groups is 1. The molecule has 0 aliphatic rings. The van der Waals surface area contributed by atoms with Gasteiger partial charge < -0.3 is 16.2 Å². The zero-order valence-corrected chi connectivity index (χ0v) is 12.6. The van der Waals surface area contributed by atoms with Crippen molar-refractivity contribution < 1.29 is 9.90 Å². The van der Waals surface area contributed by atoms with E-state index in [1.807, 2.05) is 25.1 Å². The van der Waals surface area contributed by atoms with Crippen molar-refractivity contribution in [2.24, 2.45) is 5.73 Å². The van der Waals surface area contributed by atoms with Crippen molar-refractivity contribution in [2.75, 3.05) is 5.32 Å². The smallest absolute Gasteiger partial charge is 0.249 e. The summed E-state index contributed by atoms with van der Waals surface area (Å²) in [5, 5.41) is 13.1. The molecule has 4 nitrogen and oxygen atoms in total. The number of nitrogens with two attached hydrogens (primary N) is 1. The molecule has 104 valence electrons. The second-order valence-corrected chi connectivity index (χ2v) is 5.30. The van der Waals surface area contributed by atoms with Crippen LogP contribution >= 0.6 is 15.9 Å². The van der Waals surface area contributed by atoms with Gasteiger partial charge in [0.15, 0.2) is 0 Å². The number of hydrogen-bond donors (Lipinski definition) is 3. The van der Waals surface area contributed by atoms with Gasteiger partial charge in [0, 0.05) is 23.4 Å². The molecular formula is C15H15BrN2O2. The lowest BCUT2D eigenvalue weighted by Crippen LogP contribution is -2.13. The Morgan fingerprint density at radius 3 is 2.70 bits per heavy atom.